The van der Waals surface area contributed by atoms with E-state index in [-0.39, 0.29) is 5.54 Å². The van der Waals surface area contributed by atoms with E-state index in [2.05, 4.69) is 35.9 Å². The largest absolute Gasteiger partial charge is 0.311 e. The summed E-state index contributed by atoms with van der Waals surface area (Å²) in [6.07, 6.45) is 4.19. The quantitative estimate of drug-likeness (QED) is 0.806. The Hall–Kier alpha value is -0.120. The zero-order valence-electron chi connectivity index (χ0n) is 11.8. The Balaban J connectivity index is 1.73. The van der Waals surface area contributed by atoms with Crippen molar-refractivity contribution in [3.05, 3.63) is 0 Å². The molecule has 2 aliphatic heterocycles. The highest BCUT2D eigenvalue weighted by atomic mass is 15.3. The Morgan fingerprint density at radius 3 is 2.65 bits per heavy atom. The van der Waals surface area contributed by atoms with Crippen molar-refractivity contribution < 1.29 is 0 Å². The van der Waals surface area contributed by atoms with Crippen molar-refractivity contribution >= 4 is 0 Å². The molecule has 17 heavy (non-hydrogen) atoms. The van der Waals surface area contributed by atoms with Crippen LogP contribution in [0.5, 0.6) is 0 Å². The van der Waals surface area contributed by atoms with Gasteiger partial charge in [-0.05, 0) is 59.7 Å². The maximum Gasteiger partial charge on any atom is 0.0223 e. The van der Waals surface area contributed by atoms with Gasteiger partial charge >= 0.3 is 0 Å². The summed E-state index contributed by atoms with van der Waals surface area (Å²) < 4.78 is 0. The molecule has 3 nitrogen and oxygen atoms in total. The Kier molecular flexibility index (Phi) is 4.45. The fraction of sp³-hybridized carbons (Fsp3) is 1.00. The van der Waals surface area contributed by atoms with Crippen LogP contribution in [0, 0.1) is 0 Å². The number of rotatable bonds is 3. The van der Waals surface area contributed by atoms with Crippen molar-refractivity contribution in [2.24, 2.45) is 0 Å². The van der Waals surface area contributed by atoms with Gasteiger partial charge in [-0.15, -0.1) is 0 Å². The van der Waals surface area contributed by atoms with Crippen molar-refractivity contribution in [2.75, 3.05) is 39.3 Å². The van der Waals surface area contributed by atoms with Crippen LogP contribution in [0.15, 0.2) is 0 Å². The monoisotopic (exact) mass is 239 g/mol. The van der Waals surface area contributed by atoms with Gasteiger partial charge in [0.25, 0.3) is 0 Å². The average Bonchev–Trinajstić information content (AvgIpc) is 2.56. The van der Waals surface area contributed by atoms with E-state index in [0.717, 1.165) is 12.6 Å². The molecule has 1 atom stereocenters. The maximum absolute atomic E-state index is 3.59. The van der Waals surface area contributed by atoms with Gasteiger partial charge in [-0.25, -0.2) is 0 Å². The van der Waals surface area contributed by atoms with Gasteiger partial charge in [0.1, 0.15) is 0 Å². The molecule has 2 fully saturated rings. The van der Waals surface area contributed by atoms with E-state index in [1.807, 2.05) is 0 Å². The van der Waals surface area contributed by atoms with E-state index in [1.54, 1.807) is 0 Å². The molecule has 0 spiro atoms. The summed E-state index contributed by atoms with van der Waals surface area (Å²) in [5.41, 5.74) is 0.255. The minimum Gasteiger partial charge on any atom is -0.311 e. The van der Waals surface area contributed by atoms with Gasteiger partial charge in [0, 0.05) is 31.2 Å². The van der Waals surface area contributed by atoms with Crippen LogP contribution in [0.2, 0.25) is 0 Å². The third-order valence-electron chi connectivity index (χ3n) is 3.97. The molecular formula is C14H29N3. The molecule has 1 unspecified atom stereocenters. The van der Waals surface area contributed by atoms with Crippen LogP contribution in [0.1, 0.15) is 40.0 Å². The molecule has 0 aliphatic carbocycles. The summed E-state index contributed by atoms with van der Waals surface area (Å²) in [7, 11) is 0. The molecule has 100 valence electrons. The second kappa shape index (κ2) is 5.68. The van der Waals surface area contributed by atoms with Crippen LogP contribution in [0.25, 0.3) is 0 Å². The van der Waals surface area contributed by atoms with Gasteiger partial charge in [0.2, 0.25) is 0 Å². The highest BCUT2D eigenvalue weighted by molar-refractivity contribution is 4.85. The molecule has 0 saturated carbocycles. The lowest BCUT2D eigenvalue weighted by Crippen LogP contribution is -2.43. The van der Waals surface area contributed by atoms with Crippen LogP contribution in [0.4, 0.5) is 0 Å². The Morgan fingerprint density at radius 2 is 1.88 bits per heavy atom. The second-order valence-electron chi connectivity index (χ2n) is 6.66. The van der Waals surface area contributed by atoms with Gasteiger partial charge in [0.05, 0.1) is 0 Å². The third kappa shape index (κ3) is 4.23. The first-order valence-electron chi connectivity index (χ1n) is 7.26. The van der Waals surface area contributed by atoms with Crippen molar-refractivity contribution in [3.8, 4) is 0 Å². The molecule has 0 aromatic heterocycles. The van der Waals surface area contributed by atoms with Crippen LogP contribution in [0.3, 0.4) is 0 Å². The summed E-state index contributed by atoms with van der Waals surface area (Å²) >= 11 is 0. The second-order valence-corrected chi connectivity index (χ2v) is 6.66. The Labute approximate surface area is 107 Å². The van der Waals surface area contributed by atoms with Crippen LogP contribution in [-0.4, -0.2) is 60.6 Å². The molecule has 2 saturated heterocycles. The molecule has 2 heterocycles. The predicted molar refractivity (Wildman–Crippen MR) is 73.4 cm³/mol. The highest BCUT2D eigenvalue weighted by Gasteiger charge is 2.28. The lowest BCUT2D eigenvalue weighted by molar-refractivity contribution is 0.216. The van der Waals surface area contributed by atoms with Gasteiger partial charge in [-0.1, -0.05) is 0 Å². The Morgan fingerprint density at radius 1 is 1.12 bits per heavy atom. The number of fused-ring (bicyclic) bond motifs is 1. The number of nitrogens with one attached hydrogen (secondary N) is 1. The number of nitrogens with zero attached hydrogens (tertiary/aromatic N) is 2. The zero-order valence-corrected chi connectivity index (χ0v) is 11.8. The van der Waals surface area contributed by atoms with E-state index in [0.29, 0.717) is 0 Å². The molecule has 2 rings (SSSR count). The summed E-state index contributed by atoms with van der Waals surface area (Å²) in [6, 6.07) is 0.854. The van der Waals surface area contributed by atoms with Crippen molar-refractivity contribution in [3.63, 3.8) is 0 Å². The van der Waals surface area contributed by atoms with Gasteiger partial charge in [-0.3, -0.25) is 4.90 Å². The smallest absolute Gasteiger partial charge is 0.0223 e. The molecule has 3 heteroatoms. The van der Waals surface area contributed by atoms with E-state index in [4.69, 9.17) is 0 Å². The Bertz CT molecular complexity index is 234. The maximum atomic E-state index is 3.59. The summed E-state index contributed by atoms with van der Waals surface area (Å²) in [6.45, 7) is 14.3. The van der Waals surface area contributed by atoms with Gasteiger partial charge in [-0.2, -0.15) is 0 Å². The number of hydrogen-bond acceptors (Lipinski definition) is 3. The van der Waals surface area contributed by atoms with E-state index in [9.17, 15) is 0 Å². The summed E-state index contributed by atoms with van der Waals surface area (Å²) in [4.78, 5) is 5.37. The van der Waals surface area contributed by atoms with Gasteiger partial charge < -0.3 is 10.2 Å². The molecule has 2 aliphatic rings. The average molecular weight is 239 g/mol. The summed E-state index contributed by atoms with van der Waals surface area (Å²) in [5, 5.41) is 3.59. The van der Waals surface area contributed by atoms with Crippen molar-refractivity contribution in [2.45, 2.75) is 51.6 Å². The molecule has 0 amide bonds. The molecule has 0 radical (unpaired) electrons. The van der Waals surface area contributed by atoms with Crippen LogP contribution in [-0.2, 0) is 0 Å². The zero-order chi connectivity index (χ0) is 12.3. The van der Waals surface area contributed by atoms with Crippen molar-refractivity contribution in [1.82, 2.24) is 15.1 Å². The van der Waals surface area contributed by atoms with Crippen LogP contribution >= 0.6 is 0 Å². The lowest BCUT2D eigenvalue weighted by Gasteiger charge is -2.27. The summed E-state index contributed by atoms with van der Waals surface area (Å²) in [5.74, 6) is 0. The third-order valence-corrected chi connectivity index (χ3v) is 3.97. The first kappa shape index (κ1) is 13.3. The first-order valence-corrected chi connectivity index (χ1v) is 7.26. The van der Waals surface area contributed by atoms with E-state index in [1.165, 1.54) is 52.0 Å². The molecular weight excluding hydrogens is 210 g/mol. The molecule has 1 N–H and O–H groups in total. The topological polar surface area (TPSA) is 18.5 Å². The predicted octanol–water partition coefficient (Wildman–Crippen LogP) is 1.54. The lowest BCUT2D eigenvalue weighted by atomic mass is 10.1. The van der Waals surface area contributed by atoms with Crippen LogP contribution < -0.4 is 5.32 Å². The minimum absolute atomic E-state index is 0.255. The normalized spacial score (nSPS) is 28.1. The fourth-order valence-electron chi connectivity index (χ4n) is 3.08. The van der Waals surface area contributed by atoms with E-state index >= 15 is 0 Å². The standard InChI is InChI=1S/C14H29N3/c1-14(2,3)15-7-11-16-8-5-10-17-9-4-6-13(17)12-16/h13,15H,4-12H2,1-3H3. The highest BCUT2D eigenvalue weighted by Crippen LogP contribution is 2.20. The SMILES string of the molecule is CC(C)(C)NCCN1CCCN2CCCC2C1. The van der Waals surface area contributed by atoms with Gasteiger partial charge in [0.15, 0.2) is 0 Å². The molecule has 0 aromatic carbocycles. The fourth-order valence-corrected chi connectivity index (χ4v) is 3.08. The van der Waals surface area contributed by atoms with E-state index < -0.39 is 0 Å². The first-order chi connectivity index (χ1) is 8.04. The number of hydrogen-bond donors (Lipinski definition) is 1. The van der Waals surface area contributed by atoms with Crippen molar-refractivity contribution in [1.29, 1.82) is 0 Å². The molecule has 0 aromatic rings. The minimum atomic E-state index is 0.255. The molecule has 0 bridgehead atoms.